The number of rotatable bonds is 2. The lowest BCUT2D eigenvalue weighted by atomic mass is 10.4. The predicted molar refractivity (Wildman–Crippen MR) is 57.4 cm³/mol. The van der Waals surface area contributed by atoms with E-state index >= 15 is 0 Å². The molecule has 3 heterocycles. The van der Waals surface area contributed by atoms with Crippen molar-refractivity contribution in [3.63, 3.8) is 0 Å². The van der Waals surface area contributed by atoms with Crippen LogP contribution in [0.3, 0.4) is 0 Å². The summed E-state index contributed by atoms with van der Waals surface area (Å²) in [6.07, 6.45) is 2.94. The van der Waals surface area contributed by atoms with Crippen LogP contribution in [0.2, 0.25) is 0 Å². The van der Waals surface area contributed by atoms with Crippen molar-refractivity contribution in [1.29, 1.82) is 0 Å². The second kappa shape index (κ2) is 3.59. The van der Waals surface area contributed by atoms with Crippen molar-refractivity contribution in [2.45, 2.75) is 6.54 Å². The molecule has 8 heteroatoms. The normalized spacial score (nSPS) is 11.4. The third-order valence-corrected chi connectivity index (χ3v) is 2.46. The molecule has 0 saturated carbocycles. The van der Waals surface area contributed by atoms with Gasteiger partial charge in [-0.1, -0.05) is 0 Å². The van der Waals surface area contributed by atoms with E-state index in [2.05, 4.69) is 20.3 Å². The van der Waals surface area contributed by atoms with Gasteiger partial charge in [0.1, 0.15) is 11.8 Å². The molecule has 17 heavy (non-hydrogen) atoms. The first-order valence-electron chi connectivity index (χ1n) is 4.97. The van der Waals surface area contributed by atoms with Gasteiger partial charge in [-0.2, -0.15) is 14.6 Å². The number of fused-ring (bicyclic) bond motifs is 3. The Kier molecular flexibility index (Phi) is 2.08. The maximum atomic E-state index is 12.0. The van der Waals surface area contributed by atoms with Crippen LogP contribution in [0.25, 0.3) is 16.8 Å². The standard InChI is InChI=1S/C9H8N6O2/c16-4-3-14-2-1-6-7(8(14)17)12-13-9-10-5-11-15(6)9/h1-2,5,16H,3-4H2. The summed E-state index contributed by atoms with van der Waals surface area (Å²) in [4.78, 5) is 15.9. The Morgan fingerprint density at radius 2 is 2.24 bits per heavy atom. The molecule has 0 aliphatic heterocycles. The van der Waals surface area contributed by atoms with Gasteiger partial charge >= 0.3 is 0 Å². The molecule has 1 N–H and O–H groups in total. The number of hydrogen-bond donors (Lipinski definition) is 1. The van der Waals surface area contributed by atoms with E-state index in [4.69, 9.17) is 5.11 Å². The Morgan fingerprint density at radius 1 is 1.35 bits per heavy atom. The molecule has 0 aromatic carbocycles. The lowest BCUT2D eigenvalue weighted by molar-refractivity contribution is 0.274. The van der Waals surface area contributed by atoms with Crippen molar-refractivity contribution < 1.29 is 5.11 Å². The molecule has 0 aliphatic carbocycles. The van der Waals surface area contributed by atoms with Crippen LogP contribution in [0.15, 0.2) is 23.4 Å². The fourth-order valence-corrected chi connectivity index (χ4v) is 1.67. The minimum absolute atomic E-state index is 0.107. The minimum Gasteiger partial charge on any atom is -0.395 e. The zero-order valence-corrected chi connectivity index (χ0v) is 8.69. The Labute approximate surface area is 94.2 Å². The molecule has 3 rings (SSSR count). The molecule has 86 valence electrons. The van der Waals surface area contributed by atoms with Gasteiger partial charge in [0.2, 0.25) is 0 Å². The molecule has 0 atom stereocenters. The highest BCUT2D eigenvalue weighted by Crippen LogP contribution is 2.05. The highest BCUT2D eigenvalue weighted by Gasteiger charge is 2.09. The zero-order valence-electron chi connectivity index (χ0n) is 8.69. The van der Waals surface area contributed by atoms with Gasteiger partial charge in [0.25, 0.3) is 11.3 Å². The van der Waals surface area contributed by atoms with E-state index in [1.807, 2.05) is 0 Å². The lowest BCUT2D eigenvalue weighted by Gasteiger charge is -2.04. The Hall–Kier alpha value is -2.35. The highest BCUT2D eigenvalue weighted by molar-refractivity contribution is 5.74. The van der Waals surface area contributed by atoms with Gasteiger partial charge in [-0.15, -0.1) is 10.2 Å². The van der Waals surface area contributed by atoms with Crippen molar-refractivity contribution in [2.75, 3.05) is 6.61 Å². The summed E-state index contributed by atoms with van der Waals surface area (Å²) in [5, 5.41) is 20.4. The molecule has 0 fully saturated rings. The molecule has 8 nitrogen and oxygen atoms in total. The SMILES string of the molecule is O=c1c2nnc3ncnn3c2ccn1CCO. The smallest absolute Gasteiger partial charge is 0.280 e. The Balaban J connectivity index is 2.40. The van der Waals surface area contributed by atoms with Crippen LogP contribution >= 0.6 is 0 Å². The topological polar surface area (TPSA) is 98.2 Å². The van der Waals surface area contributed by atoms with Crippen molar-refractivity contribution in [2.24, 2.45) is 0 Å². The van der Waals surface area contributed by atoms with E-state index < -0.39 is 0 Å². The molecule has 0 radical (unpaired) electrons. The van der Waals surface area contributed by atoms with E-state index in [1.165, 1.54) is 15.4 Å². The summed E-state index contributed by atoms with van der Waals surface area (Å²) in [5.41, 5.74) is 0.451. The molecule has 0 saturated heterocycles. The quantitative estimate of drug-likeness (QED) is 0.597. The minimum atomic E-state index is -0.304. The molecule has 3 aromatic rings. The molecule has 0 unspecified atom stereocenters. The van der Waals surface area contributed by atoms with Gasteiger partial charge in [-0.25, -0.2) is 0 Å². The van der Waals surface area contributed by atoms with E-state index in [0.29, 0.717) is 11.3 Å². The van der Waals surface area contributed by atoms with Crippen LogP contribution < -0.4 is 5.56 Å². The number of aromatic nitrogens is 6. The Morgan fingerprint density at radius 3 is 3.06 bits per heavy atom. The highest BCUT2D eigenvalue weighted by atomic mass is 16.3. The summed E-state index contributed by atoms with van der Waals surface area (Å²) >= 11 is 0. The average Bonchev–Trinajstić information content (AvgIpc) is 2.81. The van der Waals surface area contributed by atoms with E-state index in [1.54, 1.807) is 12.3 Å². The summed E-state index contributed by atoms with van der Waals surface area (Å²) in [6.45, 7) is 0.121. The van der Waals surface area contributed by atoms with Crippen LogP contribution in [-0.2, 0) is 6.54 Å². The predicted octanol–water partition coefficient (Wildman–Crippen LogP) is -1.17. The van der Waals surface area contributed by atoms with E-state index in [0.717, 1.165) is 0 Å². The molecular formula is C9H8N6O2. The van der Waals surface area contributed by atoms with Gasteiger partial charge in [-0.3, -0.25) is 4.79 Å². The van der Waals surface area contributed by atoms with Crippen LogP contribution in [0.4, 0.5) is 0 Å². The fraction of sp³-hybridized carbons (Fsp3) is 0.222. The van der Waals surface area contributed by atoms with Crippen molar-refractivity contribution >= 4 is 16.8 Å². The number of aliphatic hydroxyl groups excluding tert-OH is 1. The van der Waals surface area contributed by atoms with Crippen LogP contribution in [0, 0.1) is 0 Å². The summed E-state index contributed by atoms with van der Waals surface area (Å²) in [7, 11) is 0. The third kappa shape index (κ3) is 1.38. The van der Waals surface area contributed by atoms with E-state index in [9.17, 15) is 4.79 Å². The fourth-order valence-electron chi connectivity index (χ4n) is 1.67. The van der Waals surface area contributed by atoms with Crippen LogP contribution in [0.5, 0.6) is 0 Å². The van der Waals surface area contributed by atoms with Gasteiger partial charge in [0.15, 0.2) is 5.52 Å². The molecule has 0 spiro atoms. The Bertz CT molecular complexity index is 746. The number of aliphatic hydroxyl groups is 1. The van der Waals surface area contributed by atoms with Crippen molar-refractivity contribution in [3.8, 4) is 0 Å². The van der Waals surface area contributed by atoms with Gasteiger partial charge in [0.05, 0.1) is 6.61 Å². The van der Waals surface area contributed by atoms with Crippen LogP contribution in [-0.4, -0.2) is 41.1 Å². The van der Waals surface area contributed by atoms with E-state index in [-0.39, 0.29) is 24.2 Å². The molecule has 0 aliphatic rings. The largest absolute Gasteiger partial charge is 0.395 e. The number of nitrogens with zero attached hydrogens (tertiary/aromatic N) is 6. The maximum absolute atomic E-state index is 12.0. The lowest BCUT2D eigenvalue weighted by Crippen LogP contribution is -2.23. The first-order valence-corrected chi connectivity index (χ1v) is 4.97. The first kappa shape index (κ1) is 9.85. The summed E-state index contributed by atoms with van der Waals surface area (Å²) in [6, 6.07) is 1.70. The van der Waals surface area contributed by atoms with Gasteiger partial charge in [0, 0.05) is 12.7 Å². The molecular weight excluding hydrogens is 224 g/mol. The third-order valence-electron chi connectivity index (χ3n) is 2.46. The summed E-state index contributed by atoms with van der Waals surface area (Å²) < 4.78 is 2.83. The molecule has 0 amide bonds. The summed E-state index contributed by atoms with van der Waals surface area (Å²) in [5.74, 6) is 0.344. The second-order valence-electron chi connectivity index (χ2n) is 3.44. The average molecular weight is 232 g/mol. The second-order valence-corrected chi connectivity index (χ2v) is 3.44. The van der Waals surface area contributed by atoms with Gasteiger partial charge in [-0.05, 0) is 6.07 Å². The first-order chi connectivity index (χ1) is 8.31. The van der Waals surface area contributed by atoms with Gasteiger partial charge < -0.3 is 9.67 Å². The van der Waals surface area contributed by atoms with Crippen molar-refractivity contribution in [1.82, 2.24) is 29.4 Å². The molecule has 3 aromatic heterocycles. The van der Waals surface area contributed by atoms with Crippen molar-refractivity contribution in [3.05, 3.63) is 28.9 Å². The monoisotopic (exact) mass is 232 g/mol. The maximum Gasteiger partial charge on any atom is 0.280 e. The molecule has 0 bridgehead atoms. The van der Waals surface area contributed by atoms with Crippen LogP contribution in [0.1, 0.15) is 0 Å². The number of hydrogen-bond acceptors (Lipinski definition) is 6. The zero-order chi connectivity index (χ0) is 11.8. The number of pyridine rings is 1.